The topological polar surface area (TPSA) is 66.9 Å². The van der Waals surface area contributed by atoms with Crippen LogP contribution in [0, 0.1) is 0 Å². The van der Waals surface area contributed by atoms with Crippen LogP contribution in [0.4, 0.5) is 11.4 Å². The van der Waals surface area contributed by atoms with Crippen LogP contribution < -0.4 is 14.5 Å². The molecule has 0 aliphatic carbocycles. The summed E-state index contributed by atoms with van der Waals surface area (Å²) in [6.45, 7) is 1.53. The van der Waals surface area contributed by atoms with E-state index in [1.807, 2.05) is 30.3 Å². The Morgan fingerprint density at radius 2 is 1.88 bits per heavy atom. The fraction of sp³-hybridized carbons (Fsp3) is 0.250. The van der Waals surface area contributed by atoms with Gasteiger partial charge in [-0.1, -0.05) is 25.1 Å². The van der Waals surface area contributed by atoms with E-state index < -0.39 is 0 Å². The van der Waals surface area contributed by atoms with Crippen molar-refractivity contribution < 1.29 is 19.1 Å². The van der Waals surface area contributed by atoms with Crippen molar-refractivity contribution >= 4 is 29.0 Å². The first kappa shape index (κ1) is 17.7. The fourth-order valence-corrected chi connectivity index (χ4v) is 2.79. The van der Waals surface area contributed by atoms with Crippen LogP contribution in [0.5, 0.6) is 5.75 Å². The van der Waals surface area contributed by atoms with Crippen LogP contribution in [0.25, 0.3) is 0 Å². The van der Waals surface area contributed by atoms with Crippen molar-refractivity contribution in [2.24, 2.45) is 0 Å². The molecule has 2 aromatic carbocycles. The van der Waals surface area contributed by atoms with Gasteiger partial charge in [0.05, 0.1) is 5.69 Å². The van der Waals surface area contributed by atoms with Gasteiger partial charge < -0.3 is 9.64 Å². The molecule has 134 valence electrons. The molecule has 0 bridgehead atoms. The van der Waals surface area contributed by atoms with Gasteiger partial charge in [0.1, 0.15) is 12.3 Å². The quantitative estimate of drug-likeness (QED) is 0.776. The Hall–Kier alpha value is -3.15. The average Bonchev–Trinajstić information content (AvgIpc) is 2.69. The van der Waals surface area contributed by atoms with Gasteiger partial charge in [-0.05, 0) is 30.3 Å². The minimum absolute atomic E-state index is 0.0292. The monoisotopic (exact) mass is 352 g/mol. The van der Waals surface area contributed by atoms with Crippen LogP contribution >= 0.6 is 0 Å². The van der Waals surface area contributed by atoms with E-state index in [1.165, 1.54) is 9.80 Å². The number of benzene rings is 2. The highest BCUT2D eigenvalue weighted by Gasteiger charge is 2.29. The summed E-state index contributed by atoms with van der Waals surface area (Å²) in [5.41, 5.74) is 1.70. The van der Waals surface area contributed by atoms with Crippen molar-refractivity contribution in [2.75, 3.05) is 30.0 Å². The SMILES string of the molecule is CCC(=O)c1ccc2c(c1)N(CC(=O)N(C)c1ccccc1)C(=O)CO2. The number of anilines is 2. The summed E-state index contributed by atoms with van der Waals surface area (Å²) >= 11 is 0. The summed E-state index contributed by atoms with van der Waals surface area (Å²) in [6.07, 6.45) is 0.364. The molecular formula is C20H20N2O4. The van der Waals surface area contributed by atoms with Gasteiger partial charge in [-0.3, -0.25) is 19.3 Å². The van der Waals surface area contributed by atoms with Crippen molar-refractivity contribution in [1.82, 2.24) is 0 Å². The zero-order valence-electron chi connectivity index (χ0n) is 14.8. The van der Waals surface area contributed by atoms with Crippen molar-refractivity contribution in [3.63, 3.8) is 0 Å². The van der Waals surface area contributed by atoms with E-state index in [0.29, 0.717) is 23.4 Å². The molecular weight excluding hydrogens is 332 g/mol. The first-order valence-corrected chi connectivity index (χ1v) is 8.43. The minimum atomic E-state index is -0.312. The van der Waals surface area contributed by atoms with E-state index in [9.17, 15) is 14.4 Å². The third-order valence-corrected chi connectivity index (χ3v) is 4.36. The summed E-state index contributed by atoms with van der Waals surface area (Å²) in [7, 11) is 1.67. The Labute approximate surface area is 152 Å². The van der Waals surface area contributed by atoms with Crippen molar-refractivity contribution in [3.8, 4) is 5.75 Å². The Bertz CT molecular complexity index is 848. The Kier molecular flexibility index (Phi) is 5.02. The Morgan fingerprint density at radius 1 is 1.15 bits per heavy atom. The van der Waals surface area contributed by atoms with Crippen LogP contribution in [-0.4, -0.2) is 37.8 Å². The van der Waals surface area contributed by atoms with Crippen LogP contribution in [0.15, 0.2) is 48.5 Å². The summed E-state index contributed by atoms with van der Waals surface area (Å²) in [4.78, 5) is 39.9. The molecule has 6 heteroatoms. The number of carbonyl (C=O) groups is 3. The largest absolute Gasteiger partial charge is 0.482 e. The summed E-state index contributed by atoms with van der Waals surface area (Å²) in [6, 6.07) is 14.2. The maximum atomic E-state index is 12.7. The lowest BCUT2D eigenvalue weighted by molar-refractivity contribution is -0.124. The number of amides is 2. The number of Topliss-reactive ketones (excluding diaryl/α,β-unsaturated/α-hetero) is 1. The van der Waals surface area contributed by atoms with Crippen molar-refractivity contribution in [3.05, 3.63) is 54.1 Å². The van der Waals surface area contributed by atoms with Crippen LogP contribution in [0.1, 0.15) is 23.7 Å². The second kappa shape index (κ2) is 7.39. The lowest BCUT2D eigenvalue weighted by Gasteiger charge is -2.30. The van der Waals surface area contributed by atoms with Gasteiger partial charge in [-0.25, -0.2) is 0 Å². The molecule has 1 aliphatic heterocycles. The van der Waals surface area contributed by atoms with Gasteiger partial charge in [0.25, 0.3) is 5.91 Å². The van der Waals surface area contributed by atoms with Crippen LogP contribution in [0.2, 0.25) is 0 Å². The molecule has 0 unspecified atom stereocenters. The molecule has 6 nitrogen and oxygen atoms in total. The maximum Gasteiger partial charge on any atom is 0.265 e. The van der Waals surface area contributed by atoms with Crippen molar-refractivity contribution in [1.29, 1.82) is 0 Å². The van der Waals surface area contributed by atoms with Crippen molar-refractivity contribution in [2.45, 2.75) is 13.3 Å². The normalized spacial score (nSPS) is 13.0. The number of hydrogen-bond donors (Lipinski definition) is 0. The molecule has 3 rings (SSSR count). The first-order chi connectivity index (χ1) is 12.5. The zero-order chi connectivity index (χ0) is 18.7. The molecule has 1 heterocycles. The average molecular weight is 352 g/mol. The Morgan fingerprint density at radius 3 is 2.58 bits per heavy atom. The summed E-state index contributed by atoms with van der Waals surface area (Å²) in [5.74, 6) is -0.0797. The number of para-hydroxylation sites is 1. The van der Waals surface area contributed by atoms with Gasteiger partial charge in [0.2, 0.25) is 5.91 Å². The fourth-order valence-electron chi connectivity index (χ4n) is 2.79. The molecule has 0 aromatic heterocycles. The number of ketones is 1. The maximum absolute atomic E-state index is 12.7. The molecule has 0 radical (unpaired) electrons. The molecule has 0 atom stereocenters. The van der Waals surface area contributed by atoms with Crippen LogP contribution in [0.3, 0.4) is 0 Å². The molecule has 26 heavy (non-hydrogen) atoms. The number of fused-ring (bicyclic) bond motifs is 1. The van der Waals surface area contributed by atoms with Gasteiger partial charge >= 0.3 is 0 Å². The number of rotatable bonds is 5. The molecule has 0 spiro atoms. The van der Waals surface area contributed by atoms with Gasteiger partial charge in [0, 0.05) is 24.7 Å². The molecule has 0 saturated carbocycles. The van der Waals surface area contributed by atoms with E-state index >= 15 is 0 Å². The predicted octanol–water partition coefficient (Wildman–Crippen LogP) is 2.67. The lowest BCUT2D eigenvalue weighted by Crippen LogP contribution is -2.45. The number of carbonyl (C=O) groups excluding carboxylic acids is 3. The second-order valence-electron chi connectivity index (χ2n) is 6.02. The van der Waals surface area contributed by atoms with E-state index in [0.717, 1.165) is 5.69 Å². The second-order valence-corrected chi connectivity index (χ2v) is 6.02. The van der Waals surface area contributed by atoms with Crippen LogP contribution in [-0.2, 0) is 9.59 Å². The number of hydrogen-bond acceptors (Lipinski definition) is 4. The third-order valence-electron chi connectivity index (χ3n) is 4.36. The van der Waals surface area contributed by atoms with E-state index in [2.05, 4.69) is 0 Å². The lowest BCUT2D eigenvalue weighted by atomic mass is 10.1. The zero-order valence-corrected chi connectivity index (χ0v) is 14.8. The van der Waals surface area contributed by atoms with E-state index in [1.54, 1.807) is 32.2 Å². The number of likely N-dealkylation sites (N-methyl/N-ethyl adjacent to an activating group) is 1. The first-order valence-electron chi connectivity index (χ1n) is 8.43. The molecule has 2 amide bonds. The highest BCUT2D eigenvalue weighted by atomic mass is 16.5. The molecule has 0 N–H and O–H groups in total. The highest BCUT2D eigenvalue weighted by molar-refractivity contribution is 6.07. The molecule has 0 saturated heterocycles. The summed E-state index contributed by atoms with van der Waals surface area (Å²) < 4.78 is 5.43. The third kappa shape index (κ3) is 3.44. The predicted molar refractivity (Wildman–Crippen MR) is 98.8 cm³/mol. The number of nitrogens with zero attached hydrogens (tertiary/aromatic N) is 2. The molecule has 1 aliphatic rings. The highest BCUT2D eigenvalue weighted by Crippen LogP contribution is 2.33. The van der Waals surface area contributed by atoms with Gasteiger partial charge in [-0.2, -0.15) is 0 Å². The standard InChI is InChI=1S/C20H20N2O4/c1-3-17(23)14-9-10-18-16(11-14)22(20(25)13-26-18)12-19(24)21(2)15-7-5-4-6-8-15/h4-11H,3,12-13H2,1-2H3. The Balaban J connectivity index is 1.87. The summed E-state index contributed by atoms with van der Waals surface area (Å²) in [5, 5.41) is 0. The molecule has 2 aromatic rings. The van der Waals surface area contributed by atoms with E-state index in [-0.39, 0.29) is 30.7 Å². The van der Waals surface area contributed by atoms with Gasteiger partial charge in [0.15, 0.2) is 12.4 Å². The van der Waals surface area contributed by atoms with Gasteiger partial charge in [-0.15, -0.1) is 0 Å². The molecule has 0 fully saturated rings. The number of ether oxygens (including phenoxy) is 1. The van der Waals surface area contributed by atoms with E-state index in [4.69, 9.17) is 4.74 Å². The smallest absolute Gasteiger partial charge is 0.265 e. The minimum Gasteiger partial charge on any atom is -0.482 e.